The summed E-state index contributed by atoms with van der Waals surface area (Å²) in [6, 6.07) is 5.15. The van der Waals surface area contributed by atoms with Crippen LogP contribution in [-0.4, -0.2) is 16.9 Å². The van der Waals surface area contributed by atoms with Gasteiger partial charge < -0.3 is 10.5 Å². The fraction of sp³-hybridized carbons (Fsp3) is 0.364. The third-order valence-electron chi connectivity index (χ3n) is 2.24. The van der Waals surface area contributed by atoms with Crippen molar-refractivity contribution in [3.05, 3.63) is 39.9 Å². The average molecular weight is 238 g/mol. The van der Waals surface area contributed by atoms with Crippen LogP contribution in [0.2, 0.25) is 0 Å². The highest BCUT2D eigenvalue weighted by molar-refractivity contribution is 5.75. The largest absolute Gasteiger partial charge is 0.457 e. The van der Waals surface area contributed by atoms with E-state index in [0.29, 0.717) is 5.56 Å². The number of ether oxygens (including phenoxy) is 1. The average Bonchev–Trinajstić information content (AvgIpc) is 2.28. The Hall–Kier alpha value is -1.95. The Morgan fingerprint density at radius 1 is 1.35 bits per heavy atom. The van der Waals surface area contributed by atoms with Crippen molar-refractivity contribution in [3.63, 3.8) is 0 Å². The maximum atomic E-state index is 11.2. The second-order valence-corrected chi connectivity index (χ2v) is 3.72. The molecule has 0 heterocycles. The number of carbonyl (C=O) groups excluding carboxylic acids is 1. The molecule has 0 aliphatic carbocycles. The Kier molecular flexibility index (Phi) is 4.17. The van der Waals surface area contributed by atoms with E-state index in [9.17, 15) is 14.9 Å². The molecule has 0 bridgehead atoms. The number of carbonyl (C=O) groups is 1. The lowest BCUT2D eigenvalue weighted by molar-refractivity contribution is -0.384. The Bertz CT molecular complexity index is 414. The van der Waals surface area contributed by atoms with Crippen LogP contribution in [0.25, 0.3) is 0 Å². The number of hydrogen-bond acceptors (Lipinski definition) is 5. The van der Waals surface area contributed by atoms with E-state index < -0.39 is 23.0 Å². The Balaban J connectivity index is 2.73. The van der Waals surface area contributed by atoms with Gasteiger partial charge in [-0.1, -0.05) is 0 Å². The first kappa shape index (κ1) is 13.1. The fourth-order valence-electron chi connectivity index (χ4n) is 1.22. The molecule has 1 unspecified atom stereocenters. The summed E-state index contributed by atoms with van der Waals surface area (Å²) in [4.78, 5) is 21.2. The van der Waals surface area contributed by atoms with Crippen molar-refractivity contribution < 1.29 is 14.5 Å². The highest BCUT2D eigenvalue weighted by atomic mass is 16.6. The first-order valence-corrected chi connectivity index (χ1v) is 5.12. The topological polar surface area (TPSA) is 95.5 Å². The summed E-state index contributed by atoms with van der Waals surface area (Å²) in [6.45, 7) is 3.21. The molecule has 1 rings (SSSR count). The molecular formula is C11H14N2O4. The minimum atomic E-state index is -0.685. The number of benzene rings is 1. The lowest BCUT2D eigenvalue weighted by atomic mass is 10.1. The second-order valence-electron chi connectivity index (χ2n) is 3.72. The molecule has 92 valence electrons. The van der Waals surface area contributed by atoms with E-state index in [1.165, 1.54) is 19.1 Å². The minimum Gasteiger partial charge on any atom is -0.457 e. The number of non-ortho nitro benzene ring substituents is 1. The molecule has 0 spiro atoms. The SMILES string of the molecule is CC(OC(=O)[C@H](C)N)c1ccc([N+](=O)[O-])cc1. The fourth-order valence-corrected chi connectivity index (χ4v) is 1.22. The lowest BCUT2D eigenvalue weighted by Crippen LogP contribution is -2.29. The molecule has 0 radical (unpaired) electrons. The number of esters is 1. The highest BCUT2D eigenvalue weighted by Crippen LogP contribution is 2.20. The number of nitro benzene ring substituents is 1. The van der Waals surface area contributed by atoms with Crippen molar-refractivity contribution >= 4 is 11.7 Å². The molecule has 6 nitrogen and oxygen atoms in total. The summed E-state index contributed by atoms with van der Waals surface area (Å²) in [7, 11) is 0. The predicted octanol–water partition coefficient (Wildman–Crippen LogP) is 1.55. The van der Waals surface area contributed by atoms with Crippen LogP contribution >= 0.6 is 0 Å². The van der Waals surface area contributed by atoms with Crippen LogP contribution < -0.4 is 5.73 Å². The smallest absolute Gasteiger partial charge is 0.323 e. The van der Waals surface area contributed by atoms with Crippen molar-refractivity contribution in [2.45, 2.75) is 26.0 Å². The summed E-state index contributed by atoms with van der Waals surface area (Å²) in [5.41, 5.74) is 6.05. The maximum absolute atomic E-state index is 11.2. The van der Waals surface area contributed by atoms with Crippen LogP contribution in [0.1, 0.15) is 25.5 Å². The van der Waals surface area contributed by atoms with E-state index >= 15 is 0 Å². The second kappa shape index (κ2) is 5.40. The van der Waals surface area contributed by atoms with Gasteiger partial charge in [-0.15, -0.1) is 0 Å². The van der Waals surface area contributed by atoms with Crippen molar-refractivity contribution in [1.29, 1.82) is 0 Å². The van der Waals surface area contributed by atoms with Crippen LogP contribution in [0.5, 0.6) is 0 Å². The van der Waals surface area contributed by atoms with Crippen LogP contribution in [0.15, 0.2) is 24.3 Å². The van der Waals surface area contributed by atoms with Crippen molar-refractivity contribution in [2.75, 3.05) is 0 Å². The summed E-state index contributed by atoms with van der Waals surface area (Å²) in [5, 5.41) is 10.5. The van der Waals surface area contributed by atoms with Gasteiger partial charge >= 0.3 is 5.97 Å². The Morgan fingerprint density at radius 2 is 1.88 bits per heavy atom. The molecule has 0 saturated carbocycles. The van der Waals surface area contributed by atoms with Crippen LogP contribution in [-0.2, 0) is 9.53 Å². The Labute approximate surface area is 98.5 Å². The number of nitrogens with two attached hydrogens (primary N) is 1. The van der Waals surface area contributed by atoms with Gasteiger partial charge in [0.2, 0.25) is 0 Å². The first-order valence-electron chi connectivity index (χ1n) is 5.12. The minimum absolute atomic E-state index is 0.000491. The van der Waals surface area contributed by atoms with E-state index in [4.69, 9.17) is 10.5 Å². The van der Waals surface area contributed by atoms with Gasteiger partial charge in [0, 0.05) is 12.1 Å². The molecule has 0 aliphatic heterocycles. The molecule has 17 heavy (non-hydrogen) atoms. The van der Waals surface area contributed by atoms with Crippen LogP contribution in [0.4, 0.5) is 5.69 Å². The summed E-state index contributed by atoms with van der Waals surface area (Å²) in [6.07, 6.45) is -0.477. The quantitative estimate of drug-likeness (QED) is 0.487. The molecule has 0 fully saturated rings. The molecule has 0 aromatic heterocycles. The molecule has 2 atom stereocenters. The molecule has 6 heteroatoms. The monoisotopic (exact) mass is 238 g/mol. The van der Waals surface area contributed by atoms with Gasteiger partial charge in [0.15, 0.2) is 0 Å². The van der Waals surface area contributed by atoms with Crippen molar-refractivity contribution in [3.8, 4) is 0 Å². The number of nitrogens with zero attached hydrogens (tertiary/aromatic N) is 1. The predicted molar refractivity (Wildman–Crippen MR) is 61.3 cm³/mol. The zero-order valence-corrected chi connectivity index (χ0v) is 9.62. The van der Waals surface area contributed by atoms with Gasteiger partial charge in [-0.25, -0.2) is 0 Å². The lowest BCUT2D eigenvalue weighted by Gasteiger charge is -2.14. The zero-order valence-electron chi connectivity index (χ0n) is 9.62. The summed E-state index contributed by atoms with van der Waals surface area (Å²) >= 11 is 0. The molecule has 0 saturated heterocycles. The molecule has 0 amide bonds. The number of hydrogen-bond donors (Lipinski definition) is 1. The standard InChI is InChI=1S/C11H14N2O4/c1-7(12)11(14)17-8(2)9-3-5-10(6-4-9)13(15)16/h3-8H,12H2,1-2H3/t7-,8?/m0/s1. The molecule has 0 aliphatic rings. The zero-order chi connectivity index (χ0) is 13.0. The molecule has 1 aromatic carbocycles. The van der Waals surface area contributed by atoms with E-state index in [2.05, 4.69) is 0 Å². The normalized spacial score (nSPS) is 13.8. The summed E-state index contributed by atoms with van der Waals surface area (Å²) < 4.78 is 5.06. The highest BCUT2D eigenvalue weighted by Gasteiger charge is 2.15. The van der Waals surface area contributed by atoms with Gasteiger partial charge in [0.25, 0.3) is 5.69 Å². The Morgan fingerprint density at radius 3 is 2.29 bits per heavy atom. The van der Waals surface area contributed by atoms with Gasteiger partial charge in [-0.3, -0.25) is 14.9 Å². The summed E-state index contributed by atoms with van der Waals surface area (Å²) in [5.74, 6) is -0.504. The van der Waals surface area contributed by atoms with Crippen LogP contribution in [0.3, 0.4) is 0 Å². The van der Waals surface area contributed by atoms with E-state index in [1.807, 2.05) is 0 Å². The van der Waals surface area contributed by atoms with E-state index in [-0.39, 0.29) is 5.69 Å². The van der Waals surface area contributed by atoms with Gasteiger partial charge in [0.05, 0.1) is 4.92 Å². The molecular weight excluding hydrogens is 224 g/mol. The maximum Gasteiger partial charge on any atom is 0.323 e. The van der Waals surface area contributed by atoms with Crippen LogP contribution in [0, 0.1) is 10.1 Å². The number of rotatable bonds is 4. The molecule has 2 N–H and O–H groups in total. The van der Waals surface area contributed by atoms with E-state index in [0.717, 1.165) is 0 Å². The van der Waals surface area contributed by atoms with Crippen molar-refractivity contribution in [2.24, 2.45) is 5.73 Å². The van der Waals surface area contributed by atoms with Gasteiger partial charge in [0.1, 0.15) is 12.1 Å². The number of nitro groups is 1. The van der Waals surface area contributed by atoms with Crippen molar-refractivity contribution in [1.82, 2.24) is 0 Å². The van der Waals surface area contributed by atoms with Gasteiger partial charge in [-0.05, 0) is 31.5 Å². The third kappa shape index (κ3) is 3.53. The van der Waals surface area contributed by atoms with Gasteiger partial charge in [-0.2, -0.15) is 0 Å². The molecule has 1 aromatic rings. The third-order valence-corrected chi connectivity index (χ3v) is 2.24. The first-order chi connectivity index (χ1) is 7.91. The van der Waals surface area contributed by atoms with E-state index in [1.54, 1.807) is 19.1 Å².